The van der Waals surface area contributed by atoms with Crippen molar-refractivity contribution in [2.75, 3.05) is 18.0 Å². The monoisotopic (exact) mass is 338 g/mol. The van der Waals surface area contributed by atoms with Gasteiger partial charge < -0.3 is 14.6 Å². The van der Waals surface area contributed by atoms with Crippen LogP contribution in [0.3, 0.4) is 0 Å². The molecule has 5 heteroatoms. The molecule has 3 aromatic rings. The Bertz CT molecular complexity index is 812. The van der Waals surface area contributed by atoms with Gasteiger partial charge in [0, 0.05) is 23.7 Å². The van der Waals surface area contributed by atoms with Crippen molar-refractivity contribution in [3.63, 3.8) is 0 Å². The van der Waals surface area contributed by atoms with Crippen LogP contribution in [-0.4, -0.2) is 19.0 Å². The van der Waals surface area contributed by atoms with Crippen LogP contribution < -0.4 is 10.2 Å². The fourth-order valence-electron chi connectivity index (χ4n) is 3.22. The summed E-state index contributed by atoms with van der Waals surface area (Å²) in [6.07, 6.45) is 2.56. The first-order valence-electron chi connectivity index (χ1n) is 8.02. The molecule has 1 aromatic carbocycles. The van der Waals surface area contributed by atoms with E-state index in [1.807, 2.05) is 0 Å². The third-order valence-corrected chi connectivity index (χ3v) is 5.35. The number of rotatable bonds is 5. The molecule has 0 spiro atoms. The average Bonchev–Trinajstić information content (AvgIpc) is 3.37. The fraction of sp³-hybridized carbons (Fsp3) is 0.211. The van der Waals surface area contributed by atoms with E-state index in [2.05, 4.69) is 52.0 Å². The maximum Gasteiger partial charge on any atom is 0.287 e. The zero-order chi connectivity index (χ0) is 16.4. The molecule has 4 nitrogen and oxygen atoms in total. The van der Waals surface area contributed by atoms with Gasteiger partial charge in [0.2, 0.25) is 0 Å². The molecule has 1 aliphatic heterocycles. The van der Waals surface area contributed by atoms with Gasteiger partial charge in [0.15, 0.2) is 5.76 Å². The molecule has 1 N–H and O–H groups in total. The predicted octanol–water partition coefficient (Wildman–Crippen LogP) is 3.87. The van der Waals surface area contributed by atoms with Gasteiger partial charge in [-0.2, -0.15) is 0 Å². The second-order valence-corrected chi connectivity index (χ2v) is 6.77. The maximum atomic E-state index is 12.2. The Balaban J connectivity index is 1.56. The lowest BCUT2D eigenvalue weighted by molar-refractivity contribution is 0.0923. The molecule has 0 saturated carbocycles. The first-order chi connectivity index (χ1) is 11.8. The highest BCUT2D eigenvalue weighted by Crippen LogP contribution is 2.36. The topological polar surface area (TPSA) is 45.5 Å². The summed E-state index contributed by atoms with van der Waals surface area (Å²) >= 11 is 1.73. The van der Waals surface area contributed by atoms with Crippen molar-refractivity contribution < 1.29 is 9.21 Å². The number of fused-ring (bicyclic) bond motifs is 1. The van der Waals surface area contributed by atoms with Crippen LogP contribution in [0.4, 0.5) is 5.69 Å². The molecule has 3 heterocycles. The van der Waals surface area contributed by atoms with Crippen LogP contribution in [0.1, 0.15) is 27.0 Å². The number of carbonyl (C=O) groups excluding carboxylic acids is 1. The summed E-state index contributed by atoms with van der Waals surface area (Å²) < 4.78 is 5.18. The van der Waals surface area contributed by atoms with E-state index in [9.17, 15) is 4.79 Å². The number of hydrogen-bond acceptors (Lipinski definition) is 4. The summed E-state index contributed by atoms with van der Waals surface area (Å²) in [7, 11) is 0. The van der Waals surface area contributed by atoms with Crippen LogP contribution in [0.2, 0.25) is 0 Å². The highest BCUT2D eigenvalue weighted by atomic mass is 32.1. The van der Waals surface area contributed by atoms with Crippen LogP contribution in [-0.2, 0) is 6.42 Å². The third-order valence-electron chi connectivity index (χ3n) is 4.37. The van der Waals surface area contributed by atoms with E-state index in [0.29, 0.717) is 12.3 Å². The van der Waals surface area contributed by atoms with Gasteiger partial charge in [-0.25, -0.2) is 0 Å². The molecular formula is C19H18N2O2S. The number of nitrogens with zero attached hydrogens (tertiary/aromatic N) is 1. The lowest BCUT2D eigenvalue weighted by Gasteiger charge is -2.30. The number of carbonyl (C=O) groups is 1. The van der Waals surface area contributed by atoms with Crippen LogP contribution in [0.25, 0.3) is 0 Å². The summed E-state index contributed by atoms with van der Waals surface area (Å²) in [6, 6.07) is 16.2. The molecule has 1 atom stereocenters. The van der Waals surface area contributed by atoms with Gasteiger partial charge in [0.1, 0.15) is 0 Å². The lowest BCUT2D eigenvalue weighted by Crippen LogP contribution is -2.37. The van der Waals surface area contributed by atoms with Crippen molar-refractivity contribution in [2.45, 2.75) is 12.5 Å². The van der Waals surface area contributed by atoms with Gasteiger partial charge in [0.25, 0.3) is 5.91 Å². The molecule has 2 aromatic heterocycles. The second kappa shape index (κ2) is 6.53. The molecular weight excluding hydrogens is 320 g/mol. The molecule has 0 fully saturated rings. The van der Waals surface area contributed by atoms with Crippen molar-refractivity contribution in [2.24, 2.45) is 0 Å². The van der Waals surface area contributed by atoms with Crippen LogP contribution in [0.5, 0.6) is 0 Å². The number of nitrogens with one attached hydrogen (secondary N) is 1. The van der Waals surface area contributed by atoms with Crippen molar-refractivity contribution in [3.05, 3.63) is 76.4 Å². The Morgan fingerprint density at radius 2 is 2.12 bits per heavy atom. The lowest BCUT2D eigenvalue weighted by atomic mass is 10.1. The molecule has 4 rings (SSSR count). The molecule has 0 unspecified atom stereocenters. The predicted molar refractivity (Wildman–Crippen MR) is 95.6 cm³/mol. The minimum Gasteiger partial charge on any atom is -0.459 e. The Hall–Kier alpha value is -2.53. The summed E-state index contributed by atoms with van der Waals surface area (Å²) in [5.41, 5.74) is 2.64. The zero-order valence-electron chi connectivity index (χ0n) is 13.1. The van der Waals surface area contributed by atoms with Gasteiger partial charge in [0.05, 0.1) is 12.3 Å². The highest BCUT2D eigenvalue weighted by molar-refractivity contribution is 7.10. The minimum absolute atomic E-state index is 0.132. The Labute approximate surface area is 144 Å². The Morgan fingerprint density at radius 1 is 1.21 bits per heavy atom. The van der Waals surface area contributed by atoms with Crippen molar-refractivity contribution in [1.82, 2.24) is 5.32 Å². The van der Waals surface area contributed by atoms with E-state index in [1.165, 1.54) is 22.4 Å². The van der Waals surface area contributed by atoms with Gasteiger partial charge in [-0.05, 0) is 41.6 Å². The summed E-state index contributed by atoms with van der Waals surface area (Å²) in [5, 5.41) is 5.10. The van der Waals surface area contributed by atoms with E-state index in [0.717, 1.165) is 13.0 Å². The number of thiophene rings is 1. The van der Waals surface area contributed by atoms with E-state index >= 15 is 0 Å². The number of anilines is 1. The van der Waals surface area contributed by atoms with E-state index in [1.54, 1.807) is 23.5 Å². The third kappa shape index (κ3) is 2.83. The summed E-state index contributed by atoms with van der Waals surface area (Å²) in [6.45, 7) is 1.52. The number of hydrogen-bond donors (Lipinski definition) is 1. The standard InChI is InChI=1S/C19H18N2O2S/c22-19(17-7-3-11-23-17)20-13-16(18-8-4-12-24-18)21-10-9-14-5-1-2-6-15(14)21/h1-8,11-12,16H,9-10,13H2,(H,20,22)/t16-/m0/s1. The molecule has 0 aliphatic carbocycles. The van der Waals surface area contributed by atoms with E-state index in [4.69, 9.17) is 4.42 Å². The molecule has 0 radical (unpaired) electrons. The molecule has 1 amide bonds. The first kappa shape index (κ1) is 15.0. The number of furan rings is 1. The molecule has 122 valence electrons. The highest BCUT2D eigenvalue weighted by Gasteiger charge is 2.28. The van der Waals surface area contributed by atoms with E-state index < -0.39 is 0 Å². The SMILES string of the molecule is O=C(NC[C@@H](c1cccs1)N1CCc2ccccc21)c1ccco1. The summed E-state index contributed by atoms with van der Waals surface area (Å²) in [5.74, 6) is 0.177. The first-order valence-corrected chi connectivity index (χ1v) is 8.90. The van der Waals surface area contributed by atoms with Gasteiger partial charge in [-0.1, -0.05) is 24.3 Å². The Kier molecular flexibility index (Phi) is 4.09. The molecule has 1 aliphatic rings. The Morgan fingerprint density at radius 3 is 2.92 bits per heavy atom. The van der Waals surface area contributed by atoms with Crippen molar-refractivity contribution in [1.29, 1.82) is 0 Å². The minimum atomic E-state index is -0.172. The number of benzene rings is 1. The smallest absolute Gasteiger partial charge is 0.287 e. The van der Waals surface area contributed by atoms with Crippen LogP contribution in [0.15, 0.2) is 64.6 Å². The van der Waals surface area contributed by atoms with Gasteiger partial charge in [-0.15, -0.1) is 11.3 Å². The van der Waals surface area contributed by atoms with Crippen molar-refractivity contribution >= 4 is 22.9 Å². The van der Waals surface area contributed by atoms with Gasteiger partial charge >= 0.3 is 0 Å². The zero-order valence-corrected chi connectivity index (χ0v) is 14.0. The molecule has 0 bridgehead atoms. The van der Waals surface area contributed by atoms with Crippen LogP contribution >= 0.6 is 11.3 Å². The molecule has 0 saturated heterocycles. The summed E-state index contributed by atoms with van der Waals surface area (Å²) in [4.78, 5) is 15.9. The van der Waals surface area contributed by atoms with Crippen LogP contribution in [0, 0.1) is 0 Å². The largest absolute Gasteiger partial charge is 0.459 e. The quantitative estimate of drug-likeness (QED) is 0.768. The van der Waals surface area contributed by atoms with E-state index in [-0.39, 0.29) is 11.9 Å². The fourth-order valence-corrected chi connectivity index (χ4v) is 4.06. The number of para-hydroxylation sites is 1. The van der Waals surface area contributed by atoms with Gasteiger partial charge in [-0.3, -0.25) is 4.79 Å². The van der Waals surface area contributed by atoms with Crippen molar-refractivity contribution in [3.8, 4) is 0 Å². The number of amides is 1. The average molecular weight is 338 g/mol. The normalized spacial score (nSPS) is 14.4. The maximum absolute atomic E-state index is 12.2. The molecule has 24 heavy (non-hydrogen) atoms. The second-order valence-electron chi connectivity index (χ2n) is 5.79.